The van der Waals surface area contributed by atoms with Crippen molar-refractivity contribution in [3.8, 4) is 5.69 Å². The number of hydrogen-bond donors (Lipinski definition) is 1. The number of rotatable bonds is 5. The molecule has 1 atom stereocenters. The number of nitrogens with one attached hydrogen (secondary N) is 1. The van der Waals surface area contributed by atoms with Gasteiger partial charge in [-0.05, 0) is 49.1 Å². The summed E-state index contributed by atoms with van der Waals surface area (Å²) in [6, 6.07) is 15.5. The van der Waals surface area contributed by atoms with E-state index < -0.39 is 9.84 Å². The summed E-state index contributed by atoms with van der Waals surface area (Å²) in [6.45, 7) is 6.01. The van der Waals surface area contributed by atoms with E-state index in [0.717, 1.165) is 22.4 Å². The van der Waals surface area contributed by atoms with Gasteiger partial charge < -0.3 is 5.32 Å². The van der Waals surface area contributed by atoms with Gasteiger partial charge in [0.25, 0.3) is 0 Å². The monoisotopic (exact) mass is 423 g/mol. The van der Waals surface area contributed by atoms with Crippen molar-refractivity contribution in [2.75, 3.05) is 5.32 Å². The number of benzene rings is 2. The molecule has 2 heterocycles. The second-order valence-corrected chi connectivity index (χ2v) is 9.91. The van der Waals surface area contributed by atoms with Gasteiger partial charge in [0.2, 0.25) is 5.91 Å². The summed E-state index contributed by atoms with van der Waals surface area (Å²) in [7, 11) is -3.24. The van der Waals surface area contributed by atoms with Crippen LogP contribution in [-0.4, -0.2) is 24.1 Å². The molecule has 0 unspecified atom stereocenters. The molecular formula is C23H25N3O3S. The summed E-state index contributed by atoms with van der Waals surface area (Å²) < 4.78 is 26.0. The maximum Gasteiger partial charge on any atom is 0.233 e. The highest BCUT2D eigenvalue weighted by Gasteiger charge is 2.34. The van der Waals surface area contributed by atoms with E-state index in [1.165, 1.54) is 0 Å². The van der Waals surface area contributed by atoms with Crippen LogP contribution in [0.3, 0.4) is 0 Å². The molecule has 6 nitrogen and oxygen atoms in total. The third-order valence-electron chi connectivity index (χ3n) is 5.69. The number of fused-ring (bicyclic) bond motifs is 1. The average molecular weight is 424 g/mol. The molecular weight excluding hydrogens is 398 g/mol. The van der Waals surface area contributed by atoms with Gasteiger partial charge in [0.15, 0.2) is 9.84 Å². The molecule has 1 N–H and O–H groups in total. The summed E-state index contributed by atoms with van der Waals surface area (Å²) in [5.74, 6) is -0.249. The first-order valence-electron chi connectivity index (χ1n) is 10.0. The molecule has 0 spiro atoms. The highest BCUT2D eigenvalue weighted by atomic mass is 32.2. The van der Waals surface area contributed by atoms with Crippen molar-refractivity contribution in [3.05, 3.63) is 76.5 Å². The first kappa shape index (κ1) is 20.3. The standard InChI is InChI=1S/C23H25N3O3S/c1-4-19(17-8-6-5-7-9-17)23(27)24-22-20-13-30(28,29)14-21(20)25-26(22)18-11-10-15(2)16(3)12-18/h5-12,19H,4,13-14H2,1-3H3,(H,24,27)/t19-/m0/s1. The fourth-order valence-corrected chi connectivity index (χ4v) is 5.37. The average Bonchev–Trinajstić information content (AvgIpc) is 3.18. The fraction of sp³-hybridized carbons (Fsp3) is 0.304. The van der Waals surface area contributed by atoms with Crippen LogP contribution in [0.25, 0.3) is 5.69 Å². The topological polar surface area (TPSA) is 81.1 Å². The highest BCUT2D eigenvalue weighted by molar-refractivity contribution is 7.90. The molecule has 1 aromatic heterocycles. The maximum atomic E-state index is 13.2. The van der Waals surface area contributed by atoms with Crippen LogP contribution in [0, 0.1) is 13.8 Å². The number of anilines is 1. The minimum absolute atomic E-state index is 0.0983. The lowest BCUT2D eigenvalue weighted by molar-refractivity contribution is -0.117. The zero-order valence-corrected chi connectivity index (χ0v) is 18.2. The van der Waals surface area contributed by atoms with Crippen LogP contribution in [0.15, 0.2) is 48.5 Å². The Bertz CT molecular complexity index is 1210. The first-order chi connectivity index (χ1) is 14.3. The van der Waals surface area contributed by atoms with Crippen molar-refractivity contribution in [1.29, 1.82) is 0 Å². The van der Waals surface area contributed by atoms with Gasteiger partial charge in [0.05, 0.1) is 28.8 Å². The summed E-state index contributed by atoms with van der Waals surface area (Å²) in [5, 5.41) is 7.57. The van der Waals surface area contributed by atoms with Gasteiger partial charge in [-0.1, -0.05) is 43.3 Å². The van der Waals surface area contributed by atoms with E-state index in [9.17, 15) is 13.2 Å². The van der Waals surface area contributed by atoms with Crippen molar-refractivity contribution >= 4 is 21.6 Å². The van der Waals surface area contributed by atoms with E-state index in [-0.39, 0.29) is 23.3 Å². The molecule has 0 aliphatic carbocycles. The van der Waals surface area contributed by atoms with Gasteiger partial charge in [-0.25, -0.2) is 13.1 Å². The molecule has 0 radical (unpaired) electrons. The normalized spacial score (nSPS) is 15.6. The molecule has 1 amide bonds. The Hall–Kier alpha value is -2.93. The highest BCUT2D eigenvalue weighted by Crippen LogP contribution is 2.34. The van der Waals surface area contributed by atoms with Gasteiger partial charge in [0, 0.05) is 5.56 Å². The van der Waals surface area contributed by atoms with Gasteiger partial charge in [0.1, 0.15) is 5.82 Å². The Kier molecular flexibility index (Phi) is 5.24. The Morgan fingerprint density at radius 3 is 2.50 bits per heavy atom. The number of aromatic nitrogens is 2. The molecule has 4 rings (SSSR count). The van der Waals surface area contributed by atoms with Crippen molar-refractivity contribution < 1.29 is 13.2 Å². The van der Waals surface area contributed by atoms with Gasteiger partial charge >= 0.3 is 0 Å². The smallest absolute Gasteiger partial charge is 0.233 e. The number of carbonyl (C=O) groups is 1. The molecule has 0 bridgehead atoms. The maximum absolute atomic E-state index is 13.2. The lowest BCUT2D eigenvalue weighted by Gasteiger charge is -2.17. The number of sulfone groups is 1. The molecule has 0 saturated carbocycles. The van der Waals surface area contributed by atoms with Gasteiger partial charge in [-0.3, -0.25) is 4.79 Å². The SMILES string of the molecule is CC[C@H](C(=O)Nc1c2c(nn1-c1ccc(C)c(C)c1)CS(=O)(=O)C2)c1ccccc1. The Labute approximate surface area is 176 Å². The number of carbonyl (C=O) groups excluding carboxylic acids is 1. The number of aryl methyl sites for hydroxylation is 2. The Balaban J connectivity index is 1.76. The van der Waals surface area contributed by atoms with Crippen LogP contribution in [0.4, 0.5) is 5.82 Å². The zero-order chi connectivity index (χ0) is 21.5. The largest absolute Gasteiger partial charge is 0.310 e. The minimum Gasteiger partial charge on any atom is -0.310 e. The van der Waals surface area contributed by atoms with E-state index in [2.05, 4.69) is 10.4 Å². The Morgan fingerprint density at radius 2 is 1.83 bits per heavy atom. The van der Waals surface area contributed by atoms with Crippen LogP contribution in [0.1, 0.15) is 47.2 Å². The van der Waals surface area contributed by atoms with Crippen LogP contribution in [-0.2, 0) is 26.1 Å². The number of nitrogens with zero attached hydrogens (tertiary/aromatic N) is 2. The summed E-state index contributed by atoms with van der Waals surface area (Å²) >= 11 is 0. The number of amides is 1. The van der Waals surface area contributed by atoms with Crippen molar-refractivity contribution in [2.45, 2.75) is 44.6 Å². The fourth-order valence-electron chi connectivity index (χ4n) is 3.88. The van der Waals surface area contributed by atoms with E-state index in [1.54, 1.807) is 4.68 Å². The predicted molar refractivity (Wildman–Crippen MR) is 117 cm³/mol. The molecule has 1 aliphatic heterocycles. The van der Waals surface area contributed by atoms with E-state index in [4.69, 9.17) is 0 Å². The van der Waals surface area contributed by atoms with E-state index in [0.29, 0.717) is 23.5 Å². The van der Waals surface area contributed by atoms with Crippen molar-refractivity contribution in [3.63, 3.8) is 0 Å². The van der Waals surface area contributed by atoms with Crippen LogP contribution in [0.2, 0.25) is 0 Å². The zero-order valence-electron chi connectivity index (χ0n) is 17.3. The molecule has 0 fully saturated rings. The third-order valence-corrected chi connectivity index (χ3v) is 7.13. The molecule has 1 aliphatic rings. The number of hydrogen-bond acceptors (Lipinski definition) is 4. The van der Waals surface area contributed by atoms with Crippen LogP contribution in [0.5, 0.6) is 0 Å². The molecule has 2 aromatic carbocycles. The Morgan fingerprint density at radius 1 is 1.10 bits per heavy atom. The van der Waals surface area contributed by atoms with Crippen LogP contribution >= 0.6 is 0 Å². The molecule has 0 saturated heterocycles. The molecule has 3 aromatic rings. The van der Waals surface area contributed by atoms with Gasteiger partial charge in [-0.15, -0.1) is 0 Å². The van der Waals surface area contributed by atoms with Crippen molar-refractivity contribution in [1.82, 2.24) is 9.78 Å². The summed E-state index contributed by atoms with van der Waals surface area (Å²) in [4.78, 5) is 13.2. The minimum atomic E-state index is -3.24. The summed E-state index contributed by atoms with van der Waals surface area (Å²) in [5.41, 5.74) is 5.08. The lowest BCUT2D eigenvalue weighted by Crippen LogP contribution is -2.23. The second kappa shape index (κ2) is 7.72. The quantitative estimate of drug-likeness (QED) is 0.671. The second-order valence-electron chi connectivity index (χ2n) is 7.85. The first-order valence-corrected chi connectivity index (χ1v) is 11.9. The van der Waals surface area contributed by atoms with Crippen molar-refractivity contribution in [2.24, 2.45) is 0 Å². The van der Waals surface area contributed by atoms with E-state index >= 15 is 0 Å². The lowest BCUT2D eigenvalue weighted by atomic mass is 9.95. The summed E-state index contributed by atoms with van der Waals surface area (Å²) in [6.07, 6.45) is 0.633. The predicted octanol–water partition coefficient (Wildman–Crippen LogP) is 4.05. The van der Waals surface area contributed by atoms with E-state index in [1.807, 2.05) is 69.3 Å². The molecule has 7 heteroatoms. The molecule has 156 valence electrons. The molecule has 30 heavy (non-hydrogen) atoms. The van der Waals surface area contributed by atoms with Gasteiger partial charge in [-0.2, -0.15) is 5.10 Å². The van der Waals surface area contributed by atoms with Crippen LogP contribution < -0.4 is 5.32 Å². The third kappa shape index (κ3) is 3.77.